The van der Waals surface area contributed by atoms with Crippen LogP contribution >= 0.6 is 0 Å². The van der Waals surface area contributed by atoms with Gasteiger partial charge in [0.15, 0.2) is 0 Å². The molecule has 1 aromatic rings. The zero-order valence-corrected chi connectivity index (χ0v) is 10.8. The number of rotatable bonds is 2. The van der Waals surface area contributed by atoms with Gasteiger partial charge in [-0.25, -0.2) is 8.42 Å². The lowest BCUT2D eigenvalue weighted by Gasteiger charge is -2.33. The maximum Gasteiger partial charge on any atom is 0.511 e. The van der Waals surface area contributed by atoms with E-state index in [9.17, 15) is 26.4 Å². The number of hydrogen-bond acceptors (Lipinski definition) is 3. The van der Waals surface area contributed by atoms with Crippen molar-refractivity contribution in [2.75, 3.05) is 0 Å². The molecule has 0 radical (unpaired) electrons. The first-order valence-corrected chi connectivity index (χ1v) is 6.96. The number of aliphatic carboxylic acids is 1. The second-order valence-corrected chi connectivity index (χ2v) is 6.20. The molecule has 1 atom stereocenters. The number of nitrogens with zero attached hydrogens (tertiary/aromatic N) is 1. The van der Waals surface area contributed by atoms with Crippen LogP contribution in [-0.2, 0) is 27.8 Å². The van der Waals surface area contributed by atoms with Crippen molar-refractivity contribution in [1.82, 2.24) is 4.31 Å². The SMILES string of the molecule is O=C(O)C1Cc2ccccc2CN1S(=O)(=O)C(F)(F)F. The molecule has 0 bridgehead atoms. The Balaban J connectivity index is 2.50. The van der Waals surface area contributed by atoms with E-state index < -0.39 is 34.1 Å². The summed E-state index contributed by atoms with van der Waals surface area (Å²) in [5.74, 6) is -1.60. The van der Waals surface area contributed by atoms with E-state index >= 15 is 0 Å². The molecule has 110 valence electrons. The number of benzene rings is 1. The smallest absolute Gasteiger partial charge is 0.480 e. The highest BCUT2D eigenvalue weighted by Gasteiger charge is 2.54. The third-order valence-corrected chi connectivity index (χ3v) is 4.68. The molecule has 1 unspecified atom stereocenters. The van der Waals surface area contributed by atoms with Crippen molar-refractivity contribution in [1.29, 1.82) is 0 Å². The van der Waals surface area contributed by atoms with Crippen LogP contribution in [0.2, 0.25) is 0 Å². The van der Waals surface area contributed by atoms with Crippen LogP contribution in [0.25, 0.3) is 0 Å². The summed E-state index contributed by atoms with van der Waals surface area (Å²) in [5, 5.41) is 8.99. The number of carboxylic acids is 1. The molecule has 0 aromatic heterocycles. The van der Waals surface area contributed by atoms with Crippen LogP contribution in [0.15, 0.2) is 24.3 Å². The van der Waals surface area contributed by atoms with E-state index in [0.29, 0.717) is 11.1 Å². The van der Waals surface area contributed by atoms with E-state index in [1.165, 1.54) is 6.07 Å². The van der Waals surface area contributed by atoms with E-state index in [0.717, 1.165) is 0 Å². The summed E-state index contributed by atoms with van der Waals surface area (Å²) in [6.45, 7) is -0.602. The van der Waals surface area contributed by atoms with E-state index in [2.05, 4.69) is 0 Å². The quantitative estimate of drug-likeness (QED) is 0.895. The average Bonchev–Trinajstić information content (AvgIpc) is 2.35. The van der Waals surface area contributed by atoms with Gasteiger partial charge in [-0.2, -0.15) is 17.5 Å². The predicted molar refractivity (Wildman–Crippen MR) is 62.1 cm³/mol. The zero-order valence-electron chi connectivity index (χ0n) is 9.96. The van der Waals surface area contributed by atoms with Gasteiger partial charge in [0, 0.05) is 13.0 Å². The predicted octanol–water partition coefficient (Wildman–Crippen LogP) is 1.35. The molecule has 0 spiro atoms. The minimum absolute atomic E-state index is 0.00231. The largest absolute Gasteiger partial charge is 0.511 e. The van der Waals surface area contributed by atoms with Gasteiger partial charge in [0.1, 0.15) is 6.04 Å². The molecule has 0 aliphatic carbocycles. The van der Waals surface area contributed by atoms with Gasteiger partial charge < -0.3 is 5.11 Å². The molecule has 0 fully saturated rings. The summed E-state index contributed by atoms with van der Waals surface area (Å²) in [7, 11) is -5.68. The van der Waals surface area contributed by atoms with Crippen LogP contribution in [0.5, 0.6) is 0 Å². The molecule has 1 aliphatic heterocycles. The first kappa shape index (κ1) is 14.8. The molecule has 20 heavy (non-hydrogen) atoms. The van der Waals surface area contributed by atoms with Crippen LogP contribution in [0.3, 0.4) is 0 Å². The minimum Gasteiger partial charge on any atom is -0.480 e. The Bertz CT molecular complexity index is 641. The van der Waals surface area contributed by atoms with Gasteiger partial charge in [0.2, 0.25) is 0 Å². The van der Waals surface area contributed by atoms with Gasteiger partial charge in [-0.1, -0.05) is 24.3 Å². The van der Waals surface area contributed by atoms with Gasteiger partial charge >= 0.3 is 21.5 Å². The zero-order chi connectivity index (χ0) is 15.1. The summed E-state index contributed by atoms with van der Waals surface area (Å²) in [6.07, 6.45) is -0.291. The minimum atomic E-state index is -5.68. The van der Waals surface area contributed by atoms with Crippen LogP contribution in [-0.4, -0.2) is 35.3 Å². The Morgan fingerprint density at radius 1 is 1.25 bits per heavy atom. The van der Waals surface area contributed by atoms with Gasteiger partial charge in [-0.3, -0.25) is 4.79 Å². The Hall–Kier alpha value is -1.61. The molecule has 2 rings (SSSR count). The lowest BCUT2D eigenvalue weighted by molar-refractivity contribution is -0.142. The number of carbonyl (C=O) groups is 1. The lowest BCUT2D eigenvalue weighted by Crippen LogP contribution is -2.52. The number of hydrogen-bond donors (Lipinski definition) is 1. The van der Waals surface area contributed by atoms with E-state index in [1.807, 2.05) is 0 Å². The molecule has 1 aromatic carbocycles. The van der Waals surface area contributed by atoms with Crippen molar-refractivity contribution in [2.24, 2.45) is 0 Å². The van der Waals surface area contributed by atoms with Crippen molar-refractivity contribution in [2.45, 2.75) is 24.5 Å². The molecule has 0 saturated carbocycles. The normalized spacial score (nSPS) is 20.4. The monoisotopic (exact) mass is 309 g/mol. The molecular weight excluding hydrogens is 299 g/mol. The first-order valence-electron chi connectivity index (χ1n) is 5.52. The molecule has 1 heterocycles. The standard InChI is InChI=1S/C11H10F3NO4S/c12-11(13,14)20(18,19)15-6-8-4-2-1-3-7(8)5-9(15)10(16)17/h1-4,9H,5-6H2,(H,16,17). The fraction of sp³-hybridized carbons (Fsp3) is 0.364. The molecule has 0 saturated heterocycles. The first-order chi connectivity index (χ1) is 9.14. The number of sulfonamides is 1. The van der Waals surface area contributed by atoms with Gasteiger partial charge in [0.25, 0.3) is 0 Å². The molecule has 0 amide bonds. The van der Waals surface area contributed by atoms with Gasteiger partial charge in [-0.15, -0.1) is 0 Å². The van der Waals surface area contributed by atoms with Crippen LogP contribution in [0, 0.1) is 0 Å². The Kier molecular flexibility index (Phi) is 3.51. The van der Waals surface area contributed by atoms with Crippen molar-refractivity contribution in [3.8, 4) is 0 Å². The average molecular weight is 309 g/mol. The highest BCUT2D eigenvalue weighted by atomic mass is 32.2. The highest BCUT2D eigenvalue weighted by Crippen LogP contribution is 2.33. The fourth-order valence-corrected chi connectivity index (χ4v) is 3.17. The fourth-order valence-electron chi connectivity index (χ4n) is 2.10. The van der Waals surface area contributed by atoms with Gasteiger partial charge in [-0.05, 0) is 11.1 Å². The highest BCUT2D eigenvalue weighted by molar-refractivity contribution is 7.90. The van der Waals surface area contributed by atoms with Crippen molar-refractivity contribution in [3.63, 3.8) is 0 Å². The van der Waals surface area contributed by atoms with Crippen molar-refractivity contribution < 1.29 is 31.5 Å². The third-order valence-electron chi connectivity index (χ3n) is 3.09. The van der Waals surface area contributed by atoms with Crippen LogP contribution in [0.4, 0.5) is 13.2 Å². The number of carboxylic acid groups (broad SMARTS) is 1. The molecule has 5 nitrogen and oxygen atoms in total. The second kappa shape index (κ2) is 4.74. The number of fused-ring (bicyclic) bond motifs is 1. The summed E-state index contributed by atoms with van der Waals surface area (Å²) in [5.41, 5.74) is -4.61. The van der Waals surface area contributed by atoms with E-state index in [1.54, 1.807) is 18.2 Å². The van der Waals surface area contributed by atoms with Crippen LogP contribution < -0.4 is 0 Å². The molecule has 1 N–H and O–H groups in total. The Morgan fingerprint density at radius 2 is 1.80 bits per heavy atom. The maximum absolute atomic E-state index is 12.6. The van der Waals surface area contributed by atoms with Gasteiger partial charge in [0.05, 0.1) is 0 Å². The number of alkyl halides is 3. The summed E-state index contributed by atoms with van der Waals surface area (Å²) < 4.78 is 60.8. The van der Waals surface area contributed by atoms with Crippen LogP contribution in [0.1, 0.15) is 11.1 Å². The summed E-state index contributed by atoms with van der Waals surface area (Å²) in [4.78, 5) is 11.1. The lowest BCUT2D eigenvalue weighted by atomic mass is 9.96. The third kappa shape index (κ3) is 2.38. The summed E-state index contributed by atoms with van der Waals surface area (Å²) >= 11 is 0. The molecular formula is C11H10F3NO4S. The molecule has 1 aliphatic rings. The van der Waals surface area contributed by atoms with Crippen molar-refractivity contribution in [3.05, 3.63) is 35.4 Å². The Morgan fingerprint density at radius 3 is 2.30 bits per heavy atom. The van der Waals surface area contributed by atoms with E-state index in [-0.39, 0.29) is 10.7 Å². The second-order valence-electron chi connectivity index (χ2n) is 4.32. The topological polar surface area (TPSA) is 74.7 Å². The number of halogens is 3. The molecule has 9 heteroatoms. The maximum atomic E-state index is 12.6. The Labute approximate surface area is 112 Å². The van der Waals surface area contributed by atoms with E-state index in [4.69, 9.17) is 5.11 Å². The van der Waals surface area contributed by atoms with Crippen molar-refractivity contribution >= 4 is 16.0 Å². The summed E-state index contributed by atoms with van der Waals surface area (Å²) in [6, 6.07) is 4.47.